The van der Waals surface area contributed by atoms with Crippen LogP contribution in [0.15, 0.2) is 0 Å². The van der Waals surface area contributed by atoms with Crippen LogP contribution < -0.4 is 5.73 Å². The molecule has 2 heterocycles. The molecule has 0 spiro atoms. The monoisotopic (exact) mass is 296 g/mol. The minimum Gasteiger partial charge on any atom is -0.383 e. The fourth-order valence-electron chi connectivity index (χ4n) is 2.49. The van der Waals surface area contributed by atoms with Crippen LogP contribution in [-0.2, 0) is 17.8 Å². The van der Waals surface area contributed by atoms with Crippen molar-refractivity contribution in [3.8, 4) is 0 Å². The van der Waals surface area contributed by atoms with Crippen LogP contribution in [0.5, 0.6) is 0 Å². The van der Waals surface area contributed by atoms with Crippen LogP contribution >= 0.6 is 11.3 Å². The molecule has 2 rings (SSSR count). The summed E-state index contributed by atoms with van der Waals surface area (Å²) in [6, 6.07) is 0. The van der Waals surface area contributed by atoms with Crippen LogP contribution in [0.4, 0.5) is 0 Å². The van der Waals surface area contributed by atoms with Crippen LogP contribution in [0.2, 0.25) is 0 Å². The number of aromatic nitrogens is 1. The number of likely N-dealkylation sites (tertiary alicyclic amines) is 1. The number of methoxy groups -OCH3 is 1. The Morgan fingerprint density at radius 2 is 2.20 bits per heavy atom. The van der Waals surface area contributed by atoms with Crippen molar-refractivity contribution in [2.75, 3.05) is 26.7 Å². The third kappa shape index (κ3) is 4.01. The lowest BCUT2D eigenvalue weighted by Gasteiger charge is -2.29. The zero-order valence-electron chi connectivity index (χ0n) is 12.3. The summed E-state index contributed by atoms with van der Waals surface area (Å²) in [5, 5.41) is 8.66. The number of nitrogens with zero attached hydrogens (tertiary/aromatic N) is 2. The van der Waals surface area contributed by atoms with Gasteiger partial charge < -0.3 is 15.4 Å². The Bertz CT molecular complexity index is 452. The number of piperidine rings is 1. The van der Waals surface area contributed by atoms with Gasteiger partial charge in [0.2, 0.25) is 0 Å². The molecule has 5 nitrogen and oxygen atoms in total. The fourth-order valence-corrected chi connectivity index (χ4v) is 3.41. The van der Waals surface area contributed by atoms with Crippen LogP contribution in [-0.4, -0.2) is 42.5 Å². The third-order valence-corrected chi connectivity index (χ3v) is 4.98. The van der Waals surface area contributed by atoms with Gasteiger partial charge in [0.25, 0.3) is 0 Å². The molecule has 0 bridgehead atoms. The van der Waals surface area contributed by atoms with Crippen molar-refractivity contribution in [3.63, 3.8) is 0 Å². The van der Waals surface area contributed by atoms with E-state index >= 15 is 0 Å². The molecule has 6 heteroatoms. The molecule has 0 saturated carbocycles. The molecule has 1 aromatic heterocycles. The average Bonchev–Trinajstić information content (AvgIpc) is 2.82. The number of nitrogens with two attached hydrogens (primary N) is 1. The topological polar surface area (TPSA) is 75.2 Å². The van der Waals surface area contributed by atoms with E-state index in [4.69, 9.17) is 15.9 Å². The van der Waals surface area contributed by atoms with E-state index in [1.165, 1.54) is 37.3 Å². The van der Waals surface area contributed by atoms with Crippen LogP contribution in [0.25, 0.3) is 0 Å². The van der Waals surface area contributed by atoms with Crippen molar-refractivity contribution in [2.24, 2.45) is 11.7 Å². The maximum absolute atomic E-state index is 7.60. The van der Waals surface area contributed by atoms with Crippen molar-refractivity contribution in [2.45, 2.75) is 32.8 Å². The van der Waals surface area contributed by atoms with Gasteiger partial charge in [0, 0.05) is 20.1 Å². The number of rotatable bonds is 6. The highest BCUT2D eigenvalue weighted by atomic mass is 32.1. The van der Waals surface area contributed by atoms with E-state index in [0.717, 1.165) is 34.5 Å². The smallest absolute Gasteiger partial charge is 0.135 e. The summed E-state index contributed by atoms with van der Waals surface area (Å²) in [6.45, 7) is 6.18. The Morgan fingerprint density at radius 3 is 2.80 bits per heavy atom. The molecule has 20 heavy (non-hydrogen) atoms. The maximum atomic E-state index is 7.60. The highest BCUT2D eigenvalue weighted by Crippen LogP contribution is 2.21. The molecule has 1 fully saturated rings. The Labute approximate surface area is 124 Å². The predicted octanol–water partition coefficient (Wildman–Crippen LogP) is 1.85. The number of amidine groups is 1. The molecular weight excluding hydrogens is 272 g/mol. The quantitative estimate of drug-likeness (QED) is 0.620. The second kappa shape index (κ2) is 7.15. The van der Waals surface area contributed by atoms with Gasteiger partial charge in [-0.05, 0) is 31.8 Å². The van der Waals surface area contributed by atoms with Crippen molar-refractivity contribution in [1.82, 2.24) is 9.88 Å². The largest absolute Gasteiger partial charge is 0.383 e. The molecule has 0 unspecified atom stereocenters. The van der Waals surface area contributed by atoms with E-state index in [1.807, 2.05) is 0 Å². The van der Waals surface area contributed by atoms with Crippen molar-refractivity contribution >= 4 is 17.2 Å². The van der Waals surface area contributed by atoms with E-state index in [1.54, 1.807) is 7.11 Å². The Morgan fingerprint density at radius 1 is 1.50 bits per heavy atom. The SMILES string of the molecule is COCc1nc(CCN2CCC(C)CC2)sc1C(=N)N. The molecule has 0 atom stereocenters. The van der Waals surface area contributed by atoms with Crippen molar-refractivity contribution in [3.05, 3.63) is 15.6 Å². The molecule has 1 aliphatic rings. The number of hydrogen-bond acceptors (Lipinski definition) is 5. The number of nitrogen functional groups attached to an aromatic ring is 1. The molecular formula is C14H24N4OS. The lowest BCUT2D eigenvalue weighted by Crippen LogP contribution is -2.34. The first-order valence-corrected chi connectivity index (χ1v) is 7.96. The molecule has 1 aromatic rings. The molecule has 3 N–H and O–H groups in total. The van der Waals surface area contributed by atoms with Crippen LogP contribution in [0.3, 0.4) is 0 Å². The first-order valence-electron chi connectivity index (χ1n) is 7.14. The lowest BCUT2D eigenvalue weighted by molar-refractivity contribution is 0.181. The normalized spacial score (nSPS) is 17.5. The summed E-state index contributed by atoms with van der Waals surface area (Å²) < 4.78 is 5.12. The van der Waals surface area contributed by atoms with Gasteiger partial charge >= 0.3 is 0 Å². The molecule has 0 radical (unpaired) electrons. The number of hydrogen-bond donors (Lipinski definition) is 2. The minimum absolute atomic E-state index is 0.0904. The minimum atomic E-state index is 0.0904. The van der Waals surface area contributed by atoms with Crippen LogP contribution in [0.1, 0.15) is 35.3 Å². The van der Waals surface area contributed by atoms with Gasteiger partial charge in [-0.3, -0.25) is 5.41 Å². The Balaban J connectivity index is 1.92. The Kier molecular flexibility index (Phi) is 5.51. The summed E-state index contributed by atoms with van der Waals surface area (Å²) in [5.41, 5.74) is 6.40. The standard InChI is InChI=1S/C14H24N4OS/c1-10-3-6-18(7-4-10)8-5-12-17-11(9-19-2)13(20-12)14(15)16/h10H,3-9H2,1-2H3,(H3,15,16). The molecule has 0 amide bonds. The van der Waals surface area contributed by atoms with Gasteiger partial charge in [-0.15, -0.1) is 11.3 Å². The zero-order chi connectivity index (χ0) is 14.5. The summed E-state index contributed by atoms with van der Waals surface area (Å²) >= 11 is 1.53. The number of ether oxygens (including phenoxy) is 1. The first-order chi connectivity index (χ1) is 9.60. The molecule has 0 aromatic carbocycles. The second-order valence-corrected chi connectivity index (χ2v) is 6.59. The van der Waals surface area contributed by atoms with E-state index < -0.39 is 0 Å². The second-order valence-electron chi connectivity index (χ2n) is 5.50. The molecule has 1 saturated heterocycles. The number of nitrogens with one attached hydrogen (secondary N) is 1. The van der Waals surface area contributed by atoms with E-state index in [2.05, 4.69) is 16.8 Å². The summed E-state index contributed by atoms with van der Waals surface area (Å²) in [4.78, 5) is 7.83. The molecule has 112 valence electrons. The number of thiazole rings is 1. The van der Waals surface area contributed by atoms with Crippen molar-refractivity contribution in [1.29, 1.82) is 5.41 Å². The maximum Gasteiger partial charge on any atom is 0.135 e. The average molecular weight is 296 g/mol. The highest BCUT2D eigenvalue weighted by molar-refractivity contribution is 7.13. The van der Waals surface area contributed by atoms with E-state index in [0.29, 0.717) is 6.61 Å². The van der Waals surface area contributed by atoms with Crippen molar-refractivity contribution < 1.29 is 4.74 Å². The first kappa shape index (κ1) is 15.4. The zero-order valence-corrected chi connectivity index (χ0v) is 13.1. The molecule has 0 aliphatic carbocycles. The van der Waals surface area contributed by atoms with Gasteiger partial charge in [0.05, 0.1) is 22.2 Å². The predicted molar refractivity (Wildman–Crippen MR) is 82.4 cm³/mol. The van der Waals surface area contributed by atoms with Crippen LogP contribution in [0, 0.1) is 11.3 Å². The van der Waals surface area contributed by atoms with Gasteiger partial charge in [-0.1, -0.05) is 6.92 Å². The van der Waals surface area contributed by atoms with E-state index in [9.17, 15) is 0 Å². The third-order valence-electron chi connectivity index (χ3n) is 3.79. The fraction of sp³-hybridized carbons (Fsp3) is 0.714. The highest BCUT2D eigenvalue weighted by Gasteiger charge is 2.17. The Hall–Kier alpha value is -0.980. The molecule has 1 aliphatic heterocycles. The lowest BCUT2D eigenvalue weighted by atomic mass is 9.99. The summed E-state index contributed by atoms with van der Waals surface area (Å²) in [5.74, 6) is 0.955. The van der Waals surface area contributed by atoms with Gasteiger partial charge in [-0.25, -0.2) is 4.98 Å². The summed E-state index contributed by atoms with van der Waals surface area (Å²) in [6.07, 6.45) is 3.53. The van der Waals surface area contributed by atoms with Gasteiger partial charge in [-0.2, -0.15) is 0 Å². The summed E-state index contributed by atoms with van der Waals surface area (Å²) in [7, 11) is 1.64. The van der Waals surface area contributed by atoms with Gasteiger partial charge in [0.15, 0.2) is 0 Å². The van der Waals surface area contributed by atoms with Gasteiger partial charge in [0.1, 0.15) is 5.84 Å². The van der Waals surface area contributed by atoms with E-state index in [-0.39, 0.29) is 5.84 Å².